The van der Waals surface area contributed by atoms with Crippen LogP contribution in [0.25, 0.3) is 0 Å². The smallest absolute Gasteiger partial charge is 0.245 e. The lowest BCUT2D eigenvalue weighted by Gasteiger charge is -2.23. The Kier molecular flexibility index (Phi) is 5.40. The average molecular weight is 281 g/mol. The zero-order valence-corrected chi connectivity index (χ0v) is 12.7. The summed E-state index contributed by atoms with van der Waals surface area (Å²) in [6.45, 7) is 6.92. The van der Waals surface area contributed by atoms with E-state index in [-0.39, 0.29) is 23.9 Å². The van der Waals surface area contributed by atoms with Crippen LogP contribution in [0.1, 0.15) is 46.0 Å². The minimum atomic E-state index is -0.294. The quantitative estimate of drug-likeness (QED) is 0.787. The van der Waals surface area contributed by atoms with Crippen LogP contribution in [0.5, 0.6) is 0 Å². The van der Waals surface area contributed by atoms with Gasteiger partial charge in [0.05, 0.1) is 0 Å². The minimum Gasteiger partial charge on any atom is -0.344 e. The van der Waals surface area contributed by atoms with E-state index in [1.807, 2.05) is 18.7 Å². The molecule has 1 atom stereocenters. The van der Waals surface area contributed by atoms with Gasteiger partial charge in [0.2, 0.25) is 11.8 Å². The highest BCUT2D eigenvalue weighted by Crippen LogP contribution is 2.18. The Morgan fingerprint density at radius 3 is 2.65 bits per heavy atom. The summed E-state index contributed by atoms with van der Waals surface area (Å²) in [7, 11) is 0. The molecule has 0 aromatic heterocycles. The molecule has 2 fully saturated rings. The van der Waals surface area contributed by atoms with Crippen LogP contribution in [0.15, 0.2) is 0 Å². The molecule has 2 amide bonds. The van der Waals surface area contributed by atoms with Crippen LogP contribution in [0.2, 0.25) is 0 Å². The van der Waals surface area contributed by atoms with Gasteiger partial charge in [0.25, 0.3) is 0 Å². The zero-order chi connectivity index (χ0) is 14.5. The van der Waals surface area contributed by atoms with Crippen molar-refractivity contribution in [2.75, 3.05) is 19.6 Å². The van der Waals surface area contributed by atoms with Crippen LogP contribution < -0.4 is 10.6 Å². The van der Waals surface area contributed by atoms with Crippen LogP contribution in [0, 0.1) is 5.92 Å². The number of nitrogens with one attached hydrogen (secondary N) is 2. The minimum absolute atomic E-state index is 0.0347. The number of hydrogen-bond donors (Lipinski definition) is 2. The number of piperidine rings is 1. The summed E-state index contributed by atoms with van der Waals surface area (Å²) < 4.78 is 0. The second kappa shape index (κ2) is 7.07. The third kappa shape index (κ3) is 3.95. The van der Waals surface area contributed by atoms with Gasteiger partial charge < -0.3 is 15.5 Å². The maximum absolute atomic E-state index is 12.1. The predicted octanol–water partition coefficient (Wildman–Crippen LogP) is 0.892. The molecule has 0 radical (unpaired) electrons. The fourth-order valence-electron chi connectivity index (χ4n) is 3.12. The van der Waals surface area contributed by atoms with Crippen LogP contribution >= 0.6 is 0 Å². The molecule has 1 unspecified atom stereocenters. The molecule has 2 rings (SSSR count). The van der Waals surface area contributed by atoms with Gasteiger partial charge in [0.1, 0.15) is 6.04 Å². The molecule has 0 saturated carbocycles. The van der Waals surface area contributed by atoms with Crippen LogP contribution in [0.4, 0.5) is 0 Å². The highest BCUT2D eigenvalue weighted by molar-refractivity contribution is 5.89. The third-order valence-corrected chi connectivity index (χ3v) is 4.44. The molecule has 0 spiro atoms. The number of nitrogens with zero attached hydrogens (tertiary/aromatic N) is 1. The van der Waals surface area contributed by atoms with Crippen molar-refractivity contribution in [1.29, 1.82) is 0 Å². The van der Waals surface area contributed by atoms with Crippen LogP contribution in [-0.4, -0.2) is 48.4 Å². The molecule has 2 saturated heterocycles. The highest BCUT2D eigenvalue weighted by Gasteiger charge is 2.33. The second-order valence-electron chi connectivity index (χ2n) is 6.27. The molecule has 0 aromatic carbocycles. The lowest BCUT2D eigenvalue weighted by molar-refractivity contribution is -0.133. The maximum Gasteiger partial charge on any atom is 0.245 e. The van der Waals surface area contributed by atoms with Gasteiger partial charge >= 0.3 is 0 Å². The Bertz CT molecular complexity index is 351. The molecule has 20 heavy (non-hydrogen) atoms. The van der Waals surface area contributed by atoms with E-state index in [0.717, 1.165) is 45.3 Å². The standard InChI is InChI=1S/C15H27N3O2/c1-11(2)18-10-7-13(15(18)20)17-14(19)4-3-12-5-8-16-9-6-12/h11-13,16H,3-10H2,1-2H3,(H,17,19). The molecule has 0 aromatic rings. The summed E-state index contributed by atoms with van der Waals surface area (Å²) in [5.41, 5.74) is 0. The second-order valence-corrected chi connectivity index (χ2v) is 6.27. The van der Waals surface area contributed by atoms with Crippen LogP contribution in [0.3, 0.4) is 0 Å². The van der Waals surface area contributed by atoms with Crippen molar-refractivity contribution in [2.24, 2.45) is 5.92 Å². The molecule has 2 heterocycles. The molecule has 2 aliphatic heterocycles. The molecule has 5 nitrogen and oxygen atoms in total. The van der Waals surface area contributed by atoms with Crippen molar-refractivity contribution in [3.05, 3.63) is 0 Å². The Balaban J connectivity index is 1.70. The average Bonchev–Trinajstić information content (AvgIpc) is 2.79. The van der Waals surface area contributed by atoms with Crippen molar-refractivity contribution < 1.29 is 9.59 Å². The van der Waals surface area contributed by atoms with Gasteiger partial charge in [0, 0.05) is 19.0 Å². The first-order valence-electron chi connectivity index (χ1n) is 7.88. The fourth-order valence-corrected chi connectivity index (χ4v) is 3.12. The largest absolute Gasteiger partial charge is 0.344 e. The van der Waals surface area contributed by atoms with E-state index in [4.69, 9.17) is 0 Å². The Labute approximate surface area is 121 Å². The van der Waals surface area contributed by atoms with E-state index in [2.05, 4.69) is 10.6 Å². The first-order chi connectivity index (χ1) is 9.58. The Morgan fingerprint density at radius 1 is 1.35 bits per heavy atom. The monoisotopic (exact) mass is 281 g/mol. The SMILES string of the molecule is CC(C)N1CCC(NC(=O)CCC2CCNCC2)C1=O. The van der Waals surface area contributed by atoms with E-state index in [0.29, 0.717) is 12.3 Å². The van der Waals surface area contributed by atoms with Gasteiger partial charge in [-0.25, -0.2) is 0 Å². The molecule has 0 aliphatic carbocycles. The fraction of sp³-hybridized carbons (Fsp3) is 0.867. The van der Waals surface area contributed by atoms with E-state index in [9.17, 15) is 9.59 Å². The number of carbonyl (C=O) groups excluding carboxylic acids is 2. The van der Waals surface area contributed by atoms with Gasteiger partial charge in [0.15, 0.2) is 0 Å². The summed E-state index contributed by atoms with van der Waals surface area (Å²) in [6, 6.07) is -0.0722. The van der Waals surface area contributed by atoms with E-state index in [1.165, 1.54) is 0 Å². The molecule has 114 valence electrons. The summed E-state index contributed by atoms with van der Waals surface area (Å²) in [4.78, 5) is 25.9. The summed E-state index contributed by atoms with van der Waals surface area (Å²) in [6.07, 6.45) is 4.57. The first kappa shape index (κ1) is 15.3. The normalized spacial score (nSPS) is 24.4. The summed E-state index contributed by atoms with van der Waals surface area (Å²) in [5, 5.41) is 6.24. The van der Waals surface area contributed by atoms with Crippen molar-refractivity contribution in [3.8, 4) is 0 Å². The molecular formula is C15H27N3O2. The van der Waals surface area contributed by atoms with Gasteiger partial charge in [-0.1, -0.05) is 0 Å². The lowest BCUT2D eigenvalue weighted by atomic mass is 9.93. The molecule has 2 aliphatic rings. The molecular weight excluding hydrogens is 254 g/mol. The van der Waals surface area contributed by atoms with Gasteiger partial charge in [-0.2, -0.15) is 0 Å². The number of rotatable bonds is 5. The van der Waals surface area contributed by atoms with Crippen LogP contribution in [-0.2, 0) is 9.59 Å². The topological polar surface area (TPSA) is 61.4 Å². The first-order valence-corrected chi connectivity index (χ1v) is 7.88. The van der Waals surface area contributed by atoms with Gasteiger partial charge in [-0.3, -0.25) is 9.59 Å². The lowest BCUT2D eigenvalue weighted by Crippen LogP contribution is -2.43. The molecule has 2 N–H and O–H groups in total. The third-order valence-electron chi connectivity index (χ3n) is 4.44. The van der Waals surface area contributed by atoms with Crippen molar-refractivity contribution >= 4 is 11.8 Å². The van der Waals surface area contributed by atoms with Gasteiger partial charge in [-0.05, 0) is 58.5 Å². The van der Waals surface area contributed by atoms with Crippen molar-refractivity contribution in [1.82, 2.24) is 15.5 Å². The van der Waals surface area contributed by atoms with Gasteiger partial charge in [-0.15, -0.1) is 0 Å². The summed E-state index contributed by atoms with van der Waals surface area (Å²) >= 11 is 0. The highest BCUT2D eigenvalue weighted by atomic mass is 16.2. The van der Waals surface area contributed by atoms with E-state index < -0.39 is 0 Å². The predicted molar refractivity (Wildman–Crippen MR) is 78.2 cm³/mol. The van der Waals surface area contributed by atoms with Crippen molar-refractivity contribution in [3.63, 3.8) is 0 Å². The number of hydrogen-bond acceptors (Lipinski definition) is 3. The number of amides is 2. The number of likely N-dealkylation sites (tertiary alicyclic amines) is 1. The number of carbonyl (C=O) groups is 2. The Hall–Kier alpha value is -1.10. The maximum atomic E-state index is 12.1. The van der Waals surface area contributed by atoms with E-state index in [1.54, 1.807) is 0 Å². The molecule has 0 bridgehead atoms. The molecule has 5 heteroatoms. The summed E-state index contributed by atoms with van der Waals surface area (Å²) in [5.74, 6) is 0.774. The van der Waals surface area contributed by atoms with E-state index >= 15 is 0 Å². The zero-order valence-electron chi connectivity index (χ0n) is 12.7. The van der Waals surface area contributed by atoms with Crippen molar-refractivity contribution in [2.45, 2.75) is 58.0 Å². The Morgan fingerprint density at radius 2 is 2.05 bits per heavy atom.